The Balaban J connectivity index is 1.80. The molecule has 0 aliphatic carbocycles. The van der Waals surface area contributed by atoms with Crippen LogP contribution in [-0.2, 0) is 4.79 Å². The normalized spacial score (nSPS) is 13.6. The van der Waals surface area contributed by atoms with Gasteiger partial charge in [-0.15, -0.1) is 0 Å². The monoisotopic (exact) mass is 339 g/mol. The molecule has 1 aromatic carbocycles. The first-order chi connectivity index (χ1) is 12.0. The average Bonchev–Trinajstić information content (AvgIpc) is 3.07. The van der Waals surface area contributed by atoms with Crippen molar-refractivity contribution in [1.29, 1.82) is 0 Å². The number of nitrogens with zero attached hydrogens (tertiary/aromatic N) is 3. The summed E-state index contributed by atoms with van der Waals surface area (Å²) >= 11 is 0. The molecule has 1 saturated heterocycles. The number of aryl methyl sites for hydroxylation is 1. The number of nitrogens with one attached hydrogen (secondary N) is 2. The minimum atomic E-state index is -0.137. The minimum Gasteiger partial charge on any atom is -0.337 e. The van der Waals surface area contributed by atoms with E-state index in [9.17, 15) is 9.59 Å². The zero-order valence-corrected chi connectivity index (χ0v) is 14.4. The molecule has 25 heavy (non-hydrogen) atoms. The van der Waals surface area contributed by atoms with Gasteiger partial charge in [-0.3, -0.25) is 9.59 Å². The maximum atomic E-state index is 12.5. The van der Waals surface area contributed by atoms with Crippen LogP contribution in [0.1, 0.15) is 35.9 Å². The molecule has 1 aromatic heterocycles. The molecule has 1 aliphatic heterocycles. The Morgan fingerprint density at radius 2 is 1.80 bits per heavy atom. The molecule has 0 spiro atoms. The highest BCUT2D eigenvalue weighted by Gasteiger charge is 2.21. The molecule has 2 N–H and O–H groups in total. The van der Waals surface area contributed by atoms with Gasteiger partial charge < -0.3 is 15.5 Å². The van der Waals surface area contributed by atoms with Crippen LogP contribution in [0.3, 0.4) is 0 Å². The third-order valence-corrected chi connectivity index (χ3v) is 3.91. The molecular weight excluding hydrogens is 318 g/mol. The zero-order valence-electron chi connectivity index (χ0n) is 14.4. The summed E-state index contributed by atoms with van der Waals surface area (Å²) in [5.74, 6) is 0.169. The van der Waals surface area contributed by atoms with Gasteiger partial charge in [-0.25, -0.2) is 9.97 Å². The van der Waals surface area contributed by atoms with Gasteiger partial charge in [0.15, 0.2) is 0 Å². The van der Waals surface area contributed by atoms with Gasteiger partial charge in [0.2, 0.25) is 11.9 Å². The Morgan fingerprint density at radius 1 is 1.08 bits per heavy atom. The molecule has 1 fully saturated rings. The van der Waals surface area contributed by atoms with Crippen molar-refractivity contribution in [2.24, 2.45) is 0 Å². The van der Waals surface area contributed by atoms with Crippen LogP contribution in [0.2, 0.25) is 0 Å². The molecule has 7 heteroatoms. The van der Waals surface area contributed by atoms with E-state index in [-0.39, 0.29) is 11.8 Å². The molecule has 2 amide bonds. The quantitative estimate of drug-likeness (QED) is 0.894. The number of anilines is 3. The lowest BCUT2D eigenvalue weighted by molar-refractivity contribution is -0.114. The number of likely N-dealkylation sites (tertiary alicyclic amines) is 1. The molecule has 2 aromatic rings. The summed E-state index contributed by atoms with van der Waals surface area (Å²) in [6, 6.07) is 8.96. The van der Waals surface area contributed by atoms with Crippen LogP contribution < -0.4 is 10.6 Å². The molecule has 3 rings (SSSR count). The van der Waals surface area contributed by atoms with Gasteiger partial charge in [0, 0.05) is 37.1 Å². The van der Waals surface area contributed by atoms with E-state index in [4.69, 9.17) is 0 Å². The van der Waals surface area contributed by atoms with E-state index in [0.29, 0.717) is 17.3 Å². The highest BCUT2D eigenvalue weighted by atomic mass is 16.2. The second kappa shape index (κ2) is 7.29. The van der Waals surface area contributed by atoms with E-state index in [1.54, 1.807) is 18.2 Å². The Morgan fingerprint density at radius 3 is 2.52 bits per heavy atom. The van der Waals surface area contributed by atoms with E-state index in [2.05, 4.69) is 20.6 Å². The highest BCUT2D eigenvalue weighted by molar-refractivity contribution is 5.93. The van der Waals surface area contributed by atoms with Gasteiger partial charge in [0.1, 0.15) is 5.69 Å². The van der Waals surface area contributed by atoms with Crippen LogP contribution in [0.4, 0.5) is 17.3 Å². The number of carbonyl (C=O) groups excluding carboxylic acids is 2. The zero-order chi connectivity index (χ0) is 17.8. The first-order valence-electron chi connectivity index (χ1n) is 8.31. The fourth-order valence-corrected chi connectivity index (χ4v) is 2.82. The smallest absolute Gasteiger partial charge is 0.272 e. The third-order valence-electron chi connectivity index (χ3n) is 3.91. The van der Waals surface area contributed by atoms with Crippen molar-refractivity contribution in [2.75, 3.05) is 23.7 Å². The molecule has 130 valence electrons. The number of rotatable bonds is 4. The van der Waals surface area contributed by atoms with E-state index in [1.165, 1.54) is 6.92 Å². The van der Waals surface area contributed by atoms with E-state index in [0.717, 1.165) is 37.3 Å². The molecule has 0 radical (unpaired) electrons. The van der Waals surface area contributed by atoms with Crippen molar-refractivity contribution in [2.45, 2.75) is 26.7 Å². The maximum Gasteiger partial charge on any atom is 0.272 e. The fourth-order valence-electron chi connectivity index (χ4n) is 2.82. The number of hydrogen-bond donors (Lipinski definition) is 2. The lowest BCUT2D eigenvalue weighted by Gasteiger charge is -2.15. The standard InChI is InChI=1S/C18H21N5O2/c1-12-10-16(17(25)23-8-3-4-9-23)22-18(19-12)21-15-7-5-6-14(11-15)20-13(2)24/h5-7,10-11H,3-4,8-9H2,1-2H3,(H,20,24)(H,19,21,22). The number of benzene rings is 1. The van der Waals surface area contributed by atoms with Gasteiger partial charge in [-0.05, 0) is 44.0 Å². The van der Waals surface area contributed by atoms with Crippen molar-refractivity contribution in [3.05, 3.63) is 41.7 Å². The maximum absolute atomic E-state index is 12.5. The number of carbonyl (C=O) groups is 2. The van der Waals surface area contributed by atoms with Crippen molar-refractivity contribution in [1.82, 2.24) is 14.9 Å². The van der Waals surface area contributed by atoms with Crippen LogP contribution in [0.15, 0.2) is 30.3 Å². The van der Waals surface area contributed by atoms with E-state index >= 15 is 0 Å². The minimum absolute atomic E-state index is 0.0574. The van der Waals surface area contributed by atoms with Crippen molar-refractivity contribution in [3.8, 4) is 0 Å². The highest BCUT2D eigenvalue weighted by Crippen LogP contribution is 2.19. The van der Waals surface area contributed by atoms with Gasteiger partial charge in [-0.2, -0.15) is 0 Å². The molecule has 7 nitrogen and oxygen atoms in total. The van der Waals surface area contributed by atoms with Crippen LogP contribution in [0.5, 0.6) is 0 Å². The first kappa shape index (κ1) is 16.9. The molecule has 2 heterocycles. The first-order valence-corrected chi connectivity index (χ1v) is 8.31. The Labute approximate surface area is 146 Å². The molecular formula is C18H21N5O2. The van der Waals surface area contributed by atoms with Crippen LogP contribution in [0.25, 0.3) is 0 Å². The summed E-state index contributed by atoms with van der Waals surface area (Å²) in [6.07, 6.45) is 2.08. The predicted molar refractivity (Wildman–Crippen MR) is 95.9 cm³/mol. The third kappa shape index (κ3) is 4.32. The molecule has 0 bridgehead atoms. The van der Waals surface area contributed by atoms with Crippen LogP contribution >= 0.6 is 0 Å². The van der Waals surface area contributed by atoms with Crippen molar-refractivity contribution < 1.29 is 9.59 Å². The molecule has 1 aliphatic rings. The van der Waals surface area contributed by atoms with Gasteiger partial charge in [-0.1, -0.05) is 6.07 Å². The second-order valence-corrected chi connectivity index (χ2v) is 6.10. The summed E-state index contributed by atoms with van der Waals surface area (Å²) in [6.45, 7) is 4.86. The van der Waals surface area contributed by atoms with Gasteiger partial charge >= 0.3 is 0 Å². The Bertz CT molecular complexity index is 800. The Kier molecular flexibility index (Phi) is 4.92. The van der Waals surface area contributed by atoms with Crippen LogP contribution in [0, 0.1) is 6.92 Å². The number of amides is 2. The lowest BCUT2D eigenvalue weighted by Crippen LogP contribution is -2.28. The summed E-state index contributed by atoms with van der Waals surface area (Å²) < 4.78 is 0. The summed E-state index contributed by atoms with van der Waals surface area (Å²) in [5.41, 5.74) is 2.53. The second-order valence-electron chi connectivity index (χ2n) is 6.10. The SMILES string of the molecule is CC(=O)Nc1cccc(Nc2nc(C)cc(C(=O)N3CCCC3)n2)c1. The summed E-state index contributed by atoms with van der Waals surface area (Å²) in [7, 11) is 0. The molecule has 0 atom stereocenters. The predicted octanol–water partition coefficient (Wildman–Crippen LogP) is 2.72. The largest absolute Gasteiger partial charge is 0.337 e. The summed E-state index contributed by atoms with van der Waals surface area (Å²) in [5, 5.41) is 5.83. The molecule has 0 saturated carbocycles. The van der Waals surface area contributed by atoms with Gasteiger partial charge in [0.25, 0.3) is 5.91 Å². The lowest BCUT2D eigenvalue weighted by atomic mass is 10.2. The topological polar surface area (TPSA) is 87.2 Å². The summed E-state index contributed by atoms with van der Waals surface area (Å²) in [4.78, 5) is 34.2. The average molecular weight is 339 g/mol. The number of aromatic nitrogens is 2. The van der Waals surface area contributed by atoms with Gasteiger partial charge in [0.05, 0.1) is 0 Å². The van der Waals surface area contributed by atoms with Crippen molar-refractivity contribution >= 4 is 29.1 Å². The molecule has 0 unspecified atom stereocenters. The van der Waals surface area contributed by atoms with E-state index < -0.39 is 0 Å². The Hall–Kier alpha value is -2.96. The number of hydrogen-bond acceptors (Lipinski definition) is 5. The fraction of sp³-hybridized carbons (Fsp3) is 0.333. The van der Waals surface area contributed by atoms with E-state index in [1.807, 2.05) is 24.0 Å². The van der Waals surface area contributed by atoms with Crippen LogP contribution in [-0.4, -0.2) is 39.8 Å². The van der Waals surface area contributed by atoms with Crippen molar-refractivity contribution in [3.63, 3.8) is 0 Å².